The summed E-state index contributed by atoms with van der Waals surface area (Å²) in [6, 6.07) is 14.7. The molecule has 186 valence electrons. The average Bonchev–Trinajstić information content (AvgIpc) is 2.88. The molecule has 2 aliphatic rings. The first-order valence-electron chi connectivity index (χ1n) is 11.3. The number of ether oxygens (including phenoxy) is 4. The summed E-state index contributed by atoms with van der Waals surface area (Å²) in [4.78, 5) is 30.7. The topological polar surface area (TPSA) is 77.5 Å². The lowest BCUT2D eigenvalue weighted by Crippen LogP contribution is -2.67. The number of benzene rings is 3. The molecule has 0 aromatic heterocycles. The number of hydrogen-bond donors (Lipinski definition) is 0. The zero-order valence-corrected chi connectivity index (χ0v) is 20.3. The first kappa shape index (κ1) is 23.5. The van der Waals surface area contributed by atoms with Crippen molar-refractivity contribution < 1.29 is 32.9 Å². The van der Waals surface area contributed by atoms with Gasteiger partial charge in [-0.2, -0.15) is 0 Å². The Bertz CT molecular complexity index is 1320. The van der Waals surface area contributed by atoms with Gasteiger partial charge in [-0.3, -0.25) is 14.6 Å². The smallest absolute Gasteiger partial charge is 0.335 e. The Morgan fingerprint density at radius 1 is 1.00 bits per heavy atom. The molecule has 0 N–H and O–H groups in total. The number of methoxy groups -OCH3 is 3. The quantitative estimate of drug-likeness (QED) is 0.489. The molecule has 0 saturated carbocycles. The van der Waals surface area contributed by atoms with Crippen molar-refractivity contribution in [3.05, 3.63) is 77.6 Å². The molecule has 2 bridgehead atoms. The van der Waals surface area contributed by atoms with Crippen LogP contribution in [-0.4, -0.2) is 43.9 Å². The molecule has 1 fully saturated rings. The monoisotopic (exact) mass is 492 g/mol. The number of anilines is 1. The van der Waals surface area contributed by atoms with Gasteiger partial charge in [0.15, 0.2) is 17.2 Å². The lowest BCUT2D eigenvalue weighted by molar-refractivity contribution is 0.00264. The molecule has 5 rings (SSSR count). The summed E-state index contributed by atoms with van der Waals surface area (Å²) in [5.74, 6) is 0.494. The number of urea groups is 1. The van der Waals surface area contributed by atoms with Crippen molar-refractivity contribution in [1.29, 1.82) is 0 Å². The molecule has 2 heterocycles. The zero-order valence-electron chi connectivity index (χ0n) is 20.3. The second-order valence-electron chi connectivity index (χ2n) is 8.72. The summed E-state index contributed by atoms with van der Waals surface area (Å²) in [5.41, 5.74) is 0.219. The van der Waals surface area contributed by atoms with Crippen LogP contribution in [0.25, 0.3) is 0 Å². The number of halogens is 1. The average molecular weight is 493 g/mol. The van der Waals surface area contributed by atoms with Crippen molar-refractivity contribution in [3.8, 4) is 23.0 Å². The number of imide groups is 1. The highest BCUT2D eigenvalue weighted by atomic mass is 19.1. The van der Waals surface area contributed by atoms with Crippen LogP contribution in [0.5, 0.6) is 23.0 Å². The van der Waals surface area contributed by atoms with E-state index in [9.17, 15) is 14.0 Å². The van der Waals surface area contributed by atoms with Crippen molar-refractivity contribution in [3.63, 3.8) is 0 Å². The zero-order chi connectivity index (χ0) is 25.6. The molecule has 9 heteroatoms. The normalized spacial score (nSPS) is 20.4. The van der Waals surface area contributed by atoms with Crippen LogP contribution in [0.3, 0.4) is 0 Å². The molecule has 1 saturated heterocycles. The van der Waals surface area contributed by atoms with Crippen LogP contribution in [0, 0.1) is 5.82 Å². The molecule has 0 radical (unpaired) electrons. The van der Waals surface area contributed by atoms with E-state index in [0.29, 0.717) is 23.6 Å². The number of carbonyl (C=O) groups is 2. The molecular formula is C27H25FN2O6. The predicted molar refractivity (Wildman–Crippen MR) is 129 cm³/mol. The van der Waals surface area contributed by atoms with Gasteiger partial charge in [0.1, 0.15) is 11.6 Å². The van der Waals surface area contributed by atoms with Gasteiger partial charge in [0.05, 0.1) is 27.4 Å². The highest BCUT2D eigenvalue weighted by Crippen LogP contribution is 2.50. The lowest BCUT2D eigenvalue weighted by Gasteiger charge is -2.53. The standard InChI is InChI=1S/C27H25FN2O6/c1-27-15-20(19-7-5-6-8-21(19)36-27)29(26(32)30(27)18-11-9-17(28)10-12-18)25(31)16-13-22(33-2)24(35-4)23(14-16)34-3/h5-14,20H,15H2,1-4H3. The molecule has 2 atom stereocenters. The molecule has 0 spiro atoms. The Balaban J connectivity index is 1.67. The minimum Gasteiger partial charge on any atom is -0.493 e. The van der Waals surface area contributed by atoms with Crippen LogP contribution >= 0.6 is 0 Å². The van der Waals surface area contributed by atoms with E-state index in [1.165, 1.54) is 67.5 Å². The van der Waals surface area contributed by atoms with E-state index in [1.807, 2.05) is 18.2 Å². The number of fused-ring (bicyclic) bond motifs is 4. The molecule has 8 nitrogen and oxygen atoms in total. The van der Waals surface area contributed by atoms with Gasteiger partial charge in [-0.05, 0) is 49.4 Å². The fourth-order valence-electron chi connectivity index (χ4n) is 4.95. The largest absolute Gasteiger partial charge is 0.493 e. The van der Waals surface area contributed by atoms with Crippen molar-refractivity contribution in [2.24, 2.45) is 0 Å². The minimum absolute atomic E-state index is 0.185. The third-order valence-electron chi connectivity index (χ3n) is 6.58. The van der Waals surface area contributed by atoms with E-state index in [0.717, 1.165) is 5.56 Å². The second-order valence-corrected chi connectivity index (χ2v) is 8.72. The Hall–Kier alpha value is -4.27. The summed E-state index contributed by atoms with van der Waals surface area (Å²) in [5, 5.41) is 0. The molecule has 36 heavy (non-hydrogen) atoms. The minimum atomic E-state index is -1.10. The van der Waals surface area contributed by atoms with E-state index in [2.05, 4.69) is 0 Å². The van der Waals surface area contributed by atoms with Gasteiger partial charge in [0.2, 0.25) is 5.75 Å². The van der Waals surface area contributed by atoms with E-state index < -0.39 is 29.5 Å². The van der Waals surface area contributed by atoms with E-state index in [1.54, 1.807) is 13.0 Å². The number of para-hydroxylation sites is 1. The first-order valence-corrected chi connectivity index (χ1v) is 11.3. The molecule has 0 aliphatic carbocycles. The predicted octanol–water partition coefficient (Wildman–Crippen LogP) is 5.17. The van der Waals surface area contributed by atoms with Crippen molar-refractivity contribution in [1.82, 2.24) is 4.90 Å². The molecule has 3 amide bonds. The Labute approximate surface area is 207 Å². The van der Waals surface area contributed by atoms with Crippen molar-refractivity contribution in [2.75, 3.05) is 26.2 Å². The van der Waals surface area contributed by atoms with Gasteiger partial charge in [-0.15, -0.1) is 0 Å². The van der Waals surface area contributed by atoms with Crippen LogP contribution in [0.15, 0.2) is 60.7 Å². The fraction of sp³-hybridized carbons (Fsp3) is 0.259. The molecule has 3 aromatic carbocycles. The van der Waals surface area contributed by atoms with Crippen LogP contribution in [0.2, 0.25) is 0 Å². The number of rotatable bonds is 5. The van der Waals surface area contributed by atoms with Gasteiger partial charge < -0.3 is 18.9 Å². The number of hydrogen-bond acceptors (Lipinski definition) is 6. The van der Waals surface area contributed by atoms with Crippen LogP contribution in [0.4, 0.5) is 14.9 Å². The maximum atomic E-state index is 14.1. The maximum Gasteiger partial charge on any atom is 0.335 e. The summed E-state index contributed by atoms with van der Waals surface area (Å²) in [6.45, 7) is 1.79. The summed E-state index contributed by atoms with van der Waals surface area (Å²) >= 11 is 0. The van der Waals surface area contributed by atoms with Gasteiger partial charge in [0, 0.05) is 23.2 Å². The van der Waals surface area contributed by atoms with Gasteiger partial charge in [-0.25, -0.2) is 9.18 Å². The molecule has 2 aliphatic heterocycles. The Morgan fingerprint density at radius 2 is 1.64 bits per heavy atom. The lowest BCUT2D eigenvalue weighted by atomic mass is 9.88. The number of amides is 3. The summed E-state index contributed by atoms with van der Waals surface area (Å²) in [6.07, 6.45) is 0.309. The van der Waals surface area contributed by atoms with E-state index in [4.69, 9.17) is 18.9 Å². The molecular weight excluding hydrogens is 467 g/mol. The highest BCUT2D eigenvalue weighted by molar-refractivity contribution is 6.11. The number of nitrogens with zero attached hydrogens (tertiary/aromatic N) is 2. The Kier molecular flexibility index (Phi) is 5.70. The summed E-state index contributed by atoms with van der Waals surface area (Å²) in [7, 11) is 4.37. The molecule has 3 aromatic rings. The van der Waals surface area contributed by atoms with Gasteiger partial charge in [0.25, 0.3) is 5.91 Å². The second kappa shape index (κ2) is 8.75. The van der Waals surface area contributed by atoms with Crippen molar-refractivity contribution >= 4 is 17.6 Å². The van der Waals surface area contributed by atoms with Crippen LogP contribution in [0.1, 0.15) is 35.3 Å². The van der Waals surface area contributed by atoms with E-state index in [-0.39, 0.29) is 17.1 Å². The first-order chi connectivity index (χ1) is 17.3. The van der Waals surface area contributed by atoms with Crippen LogP contribution in [-0.2, 0) is 0 Å². The van der Waals surface area contributed by atoms with E-state index >= 15 is 0 Å². The van der Waals surface area contributed by atoms with Crippen LogP contribution < -0.4 is 23.8 Å². The maximum absolute atomic E-state index is 14.1. The van der Waals surface area contributed by atoms with Gasteiger partial charge >= 0.3 is 6.03 Å². The highest BCUT2D eigenvalue weighted by Gasteiger charge is 2.55. The SMILES string of the molecule is COc1cc(C(=O)N2C(=O)N(c3ccc(F)cc3)C3(C)CC2c2ccccc2O3)cc(OC)c1OC. The molecule has 2 unspecified atom stereocenters. The number of carbonyl (C=O) groups excluding carboxylic acids is 2. The third kappa shape index (κ3) is 3.59. The fourth-order valence-corrected chi connectivity index (χ4v) is 4.95. The van der Waals surface area contributed by atoms with Crippen molar-refractivity contribution in [2.45, 2.75) is 25.1 Å². The Morgan fingerprint density at radius 3 is 2.25 bits per heavy atom. The third-order valence-corrected chi connectivity index (χ3v) is 6.58. The summed E-state index contributed by atoms with van der Waals surface area (Å²) < 4.78 is 36.2. The van der Waals surface area contributed by atoms with Gasteiger partial charge in [-0.1, -0.05) is 18.2 Å².